The minimum Gasteiger partial charge on any atom is -0.494 e. The van der Waals surface area contributed by atoms with E-state index in [4.69, 9.17) is 10.5 Å². The summed E-state index contributed by atoms with van der Waals surface area (Å²) in [7, 11) is -1.53. The van der Waals surface area contributed by atoms with Crippen LogP contribution in [0.4, 0.5) is 0 Å². The Morgan fingerprint density at radius 3 is 2.52 bits per heavy atom. The average molecular weight is 313 g/mol. The SMILES string of the molecule is CCOc1ccc(S(=O)(=O)N2CCN(C)CC2CN)cc1. The van der Waals surface area contributed by atoms with Crippen molar-refractivity contribution in [2.24, 2.45) is 5.73 Å². The smallest absolute Gasteiger partial charge is 0.243 e. The predicted octanol–water partition coefficient (Wildman–Crippen LogP) is 0.349. The average Bonchev–Trinajstić information content (AvgIpc) is 2.47. The quantitative estimate of drug-likeness (QED) is 0.849. The Kier molecular flexibility index (Phi) is 5.21. The van der Waals surface area contributed by atoms with Crippen LogP contribution in [0, 0.1) is 0 Å². The van der Waals surface area contributed by atoms with Crippen molar-refractivity contribution >= 4 is 10.0 Å². The third kappa shape index (κ3) is 3.55. The third-order valence-electron chi connectivity index (χ3n) is 3.65. The third-order valence-corrected chi connectivity index (χ3v) is 5.61. The van der Waals surface area contributed by atoms with Crippen LogP contribution in [0.5, 0.6) is 5.75 Å². The summed E-state index contributed by atoms with van der Waals surface area (Å²) in [6.45, 7) is 4.61. The maximum Gasteiger partial charge on any atom is 0.243 e. The first-order valence-corrected chi connectivity index (χ1v) is 8.56. The molecular formula is C14H23N3O3S. The lowest BCUT2D eigenvalue weighted by molar-refractivity contribution is 0.164. The van der Waals surface area contributed by atoms with E-state index in [1.165, 1.54) is 4.31 Å². The van der Waals surface area contributed by atoms with E-state index >= 15 is 0 Å². The van der Waals surface area contributed by atoms with Gasteiger partial charge in [-0.15, -0.1) is 0 Å². The molecule has 0 saturated carbocycles. The van der Waals surface area contributed by atoms with Gasteiger partial charge in [0.25, 0.3) is 0 Å². The second-order valence-electron chi connectivity index (χ2n) is 5.17. The predicted molar refractivity (Wildman–Crippen MR) is 81.8 cm³/mol. The van der Waals surface area contributed by atoms with E-state index in [1.807, 2.05) is 14.0 Å². The van der Waals surface area contributed by atoms with E-state index in [9.17, 15) is 8.42 Å². The number of hydrogen-bond donors (Lipinski definition) is 1. The van der Waals surface area contributed by atoms with Gasteiger partial charge in [-0.05, 0) is 38.2 Å². The lowest BCUT2D eigenvalue weighted by atomic mass is 10.2. The number of likely N-dealkylation sites (N-methyl/N-ethyl adjacent to an activating group) is 1. The van der Waals surface area contributed by atoms with Crippen LogP contribution in [0.15, 0.2) is 29.2 Å². The van der Waals surface area contributed by atoms with Gasteiger partial charge in [0, 0.05) is 26.2 Å². The molecule has 0 bridgehead atoms. The highest BCUT2D eigenvalue weighted by atomic mass is 32.2. The van der Waals surface area contributed by atoms with Crippen LogP contribution in [0.3, 0.4) is 0 Å². The molecule has 1 fully saturated rings. The number of rotatable bonds is 5. The number of nitrogens with zero attached hydrogens (tertiary/aromatic N) is 2. The monoisotopic (exact) mass is 313 g/mol. The van der Waals surface area contributed by atoms with Crippen molar-refractivity contribution in [3.05, 3.63) is 24.3 Å². The molecule has 0 spiro atoms. The number of sulfonamides is 1. The topological polar surface area (TPSA) is 75.9 Å². The molecule has 1 unspecified atom stereocenters. The molecule has 6 nitrogen and oxygen atoms in total. The standard InChI is InChI=1S/C14H23N3O3S/c1-3-20-13-4-6-14(7-5-13)21(18,19)17-9-8-16(2)11-12(17)10-15/h4-7,12H,3,8-11,15H2,1-2H3. The lowest BCUT2D eigenvalue weighted by Gasteiger charge is -2.38. The Morgan fingerprint density at radius 2 is 1.95 bits per heavy atom. The zero-order valence-corrected chi connectivity index (χ0v) is 13.3. The first-order valence-electron chi connectivity index (χ1n) is 7.12. The van der Waals surface area contributed by atoms with Gasteiger partial charge >= 0.3 is 0 Å². The maximum atomic E-state index is 12.7. The summed E-state index contributed by atoms with van der Waals surface area (Å²) >= 11 is 0. The molecule has 1 aromatic rings. The van der Waals surface area contributed by atoms with Gasteiger partial charge in [-0.2, -0.15) is 4.31 Å². The van der Waals surface area contributed by atoms with E-state index < -0.39 is 10.0 Å². The number of nitrogens with two attached hydrogens (primary N) is 1. The summed E-state index contributed by atoms with van der Waals surface area (Å²) in [5, 5.41) is 0. The molecule has 1 heterocycles. The first kappa shape index (κ1) is 16.2. The van der Waals surface area contributed by atoms with Crippen molar-refractivity contribution < 1.29 is 13.2 Å². The van der Waals surface area contributed by atoms with Crippen molar-refractivity contribution in [1.82, 2.24) is 9.21 Å². The molecule has 0 aliphatic carbocycles. The summed E-state index contributed by atoms with van der Waals surface area (Å²) in [6, 6.07) is 6.37. The minimum atomic E-state index is -3.51. The Balaban J connectivity index is 2.24. The Labute approximate surface area is 126 Å². The molecule has 0 radical (unpaired) electrons. The summed E-state index contributed by atoms with van der Waals surface area (Å²) in [5.41, 5.74) is 5.74. The molecule has 1 aromatic carbocycles. The molecule has 21 heavy (non-hydrogen) atoms. The van der Waals surface area contributed by atoms with Crippen LogP contribution in [0.25, 0.3) is 0 Å². The van der Waals surface area contributed by atoms with E-state index in [0.29, 0.717) is 38.5 Å². The lowest BCUT2D eigenvalue weighted by Crippen LogP contribution is -2.56. The molecule has 0 aromatic heterocycles. The molecule has 118 valence electrons. The van der Waals surface area contributed by atoms with Crippen molar-refractivity contribution in [2.75, 3.05) is 39.8 Å². The molecule has 1 aliphatic heterocycles. The Bertz CT molecular complexity index is 559. The van der Waals surface area contributed by atoms with Crippen molar-refractivity contribution in [1.29, 1.82) is 0 Å². The van der Waals surface area contributed by atoms with E-state index in [1.54, 1.807) is 24.3 Å². The summed E-state index contributed by atoms with van der Waals surface area (Å²) in [5.74, 6) is 0.671. The van der Waals surface area contributed by atoms with Gasteiger partial charge < -0.3 is 15.4 Å². The molecule has 2 N–H and O–H groups in total. The zero-order valence-electron chi connectivity index (χ0n) is 12.5. The van der Waals surface area contributed by atoms with Crippen molar-refractivity contribution in [3.8, 4) is 5.75 Å². The fourth-order valence-electron chi connectivity index (χ4n) is 2.51. The highest BCUT2D eigenvalue weighted by Gasteiger charge is 2.34. The maximum absolute atomic E-state index is 12.7. The van der Waals surface area contributed by atoms with Gasteiger partial charge in [-0.1, -0.05) is 0 Å². The van der Waals surface area contributed by atoms with Crippen LogP contribution in [0.2, 0.25) is 0 Å². The van der Waals surface area contributed by atoms with E-state index in [0.717, 1.165) is 0 Å². The summed E-state index contributed by atoms with van der Waals surface area (Å²) in [4.78, 5) is 2.39. The van der Waals surface area contributed by atoms with Gasteiger partial charge in [-0.3, -0.25) is 0 Å². The van der Waals surface area contributed by atoms with Gasteiger partial charge in [0.2, 0.25) is 10.0 Å². The first-order chi connectivity index (χ1) is 9.98. The van der Waals surface area contributed by atoms with Gasteiger partial charge in [-0.25, -0.2) is 8.42 Å². The molecule has 0 amide bonds. The molecule has 1 atom stereocenters. The highest BCUT2D eigenvalue weighted by molar-refractivity contribution is 7.89. The van der Waals surface area contributed by atoms with Crippen LogP contribution in [-0.2, 0) is 10.0 Å². The second-order valence-corrected chi connectivity index (χ2v) is 7.06. The fourth-order valence-corrected chi connectivity index (χ4v) is 4.13. The zero-order chi connectivity index (χ0) is 15.5. The Hall–Kier alpha value is -1.15. The molecular weight excluding hydrogens is 290 g/mol. The van der Waals surface area contributed by atoms with Crippen LogP contribution < -0.4 is 10.5 Å². The van der Waals surface area contributed by atoms with E-state index in [-0.39, 0.29) is 10.9 Å². The van der Waals surface area contributed by atoms with Crippen molar-refractivity contribution in [2.45, 2.75) is 17.9 Å². The molecule has 1 aliphatic rings. The summed E-state index contributed by atoms with van der Waals surface area (Å²) < 4.78 is 32.3. The van der Waals surface area contributed by atoms with Crippen LogP contribution in [-0.4, -0.2) is 63.5 Å². The summed E-state index contributed by atoms with van der Waals surface area (Å²) in [6.07, 6.45) is 0. The fraction of sp³-hybridized carbons (Fsp3) is 0.571. The minimum absolute atomic E-state index is 0.180. The Morgan fingerprint density at radius 1 is 1.29 bits per heavy atom. The normalized spacial score (nSPS) is 21.4. The molecule has 1 saturated heterocycles. The number of piperazine rings is 1. The van der Waals surface area contributed by atoms with E-state index in [2.05, 4.69) is 4.90 Å². The van der Waals surface area contributed by atoms with Crippen LogP contribution >= 0.6 is 0 Å². The second kappa shape index (κ2) is 6.74. The molecule has 7 heteroatoms. The van der Waals surface area contributed by atoms with Crippen molar-refractivity contribution in [3.63, 3.8) is 0 Å². The molecule has 2 rings (SSSR count). The van der Waals surface area contributed by atoms with Gasteiger partial charge in [0.05, 0.1) is 17.5 Å². The van der Waals surface area contributed by atoms with Gasteiger partial charge in [0.15, 0.2) is 0 Å². The number of hydrogen-bond acceptors (Lipinski definition) is 5. The van der Waals surface area contributed by atoms with Crippen LogP contribution in [0.1, 0.15) is 6.92 Å². The number of ether oxygens (including phenoxy) is 1. The highest BCUT2D eigenvalue weighted by Crippen LogP contribution is 2.23. The largest absolute Gasteiger partial charge is 0.494 e. The van der Waals surface area contributed by atoms with Gasteiger partial charge in [0.1, 0.15) is 5.75 Å². The number of benzene rings is 1.